The number of hydrogen-bond acceptors (Lipinski definition) is 3. The minimum Gasteiger partial charge on any atom is -0.458 e. The lowest BCUT2D eigenvalue weighted by Gasteiger charge is -2.16. The molecule has 1 aromatic carbocycles. The third-order valence-corrected chi connectivity index (χ3v) is 2.96. The van der Waals surface area contributed by atoms with E-state index in [0.717, 1.165) is 5.39 Å². The summed E-state index contributed by atoms with van der Waals surface area (Å²) in [5, 5.41) is 5.67. The first-order valence-electron chi connectivity index (χ1n) is 5.22. The molecule has 1 aromatic heterocycles. The van der Waals surface area contributed by atoms with Gasteiger partial charge >= 0.3 is 6.03 Å². The molecule has 1 saturated heterocycles. The molecule has 5 heteroatoms. The SMILES string of the molecule is CC1(c2cc3ccccc3o2)NC(=O)NC1=O. The third-order valence-electron chi connectivity index (χ3n) is 2.96. The van der Waals surface area contributed by atoms with Gasteiger partial charge in [0.2, 0.25) is 0 Å². The molecule has 1 aliphatic rings. The Kier molecular flexibility index (Phi) is 1.80. The fourth-order valence-corrected chi connectivity index (χ4v) is 1.94. The molecule has 2 heterocycles. The van der Waals surface area contributed by atoms with Crippen molar-refractivity contribution < 1.29 is 14.0 Å². The molecule has 2 aromatic rings. The van der Waals surface area contributed by atoms with Gasteiger partial charge in [-0.1, -0.05) is 18.2 Å². The maximum absolute atomic E-state index is 11.7. The highest BCUT2D eigenvalue weighted by Gasteiger charge is 2.46. The van der Waals surface area contributed by atoms with E-state index in [-0.39, 0.29) is 0 Å². The number of hydrogen-bond donors (Lipinski definition) is 2. The molecule has 17 heavy (non-hydrogen) atoms. The topological polar surface area (TPSA) is 71.3 Å². The molecule has 0 saturated carbocycles. The van der Waals surface area contributed by atoms with Crippen LogP contribution in [0.1, 0.15) is 12.7 Å². The van der Waals surface area contributed by atoms with Crippen molar-refractivity contribution in [2.24, 2.45) is 0 Å². The van der Waals surface area contributed by atoms with Gasteiger partial charge in [-0.05, 0) is 19.1 Å². The van der Waals surface area contributed by atoms with Crippen LogP contribution >= 0.6 is 0 Å². The minimum atomic E-state index is -1.13. The standard InChI is InChI=1S/C12H10N2O3/c1-12(10(15)13-11(16)14-12)9-6-7-4-2-3-5-8(7)17-9/h2-6H,1H3,(H2,13,14,15,16). The number of carbonyl (C=O) groups is 2. The average Bonchev–Trinajstić information content (AvgIpc) is 2.81. The zero-order valence-electron chi connectivity index (χ0n) is 9.11. The lowest BCUT2D eigenvalue weighted by atomic mass is 9.99. The Balaban J connectivity index is 2.15. The van der Waals surface area contributed by atoms with E-state index in [1.54, 1.807) is 13.0 Å². The van der Waals surface area contributed by atoms with Crippen LogP contribution in [0.15, 0.2) is 34.7 Å². The van der Waals surface area contributed by atoms with E-state index in [0.29, 0.717) is 11.3 Å². The molecule has 5 nitrogen and oxygen atoms in total. The van der Waals surface area contributed by atoms with Crippen molar-refractivity contribution in [2.45, 2.75) is 12.5 Å². The Morgan fingerprint density at radius 1 is 1.24 bits per heavy atom. The van der Waals surface area contributed by atoms with Crippen molar-refractivity contribution in [3.63, 3.8) is 0 Å². The number of rotatable bonds is 1. The van der Waals surface area contributed by atoms with Crippen LogP contribution in [0.4, 0.5) is 4.79 Å². The van der Waals surface area contributed by atoms with Crippen molar-refractivity contribution in [3.8, 4) is 0 Å². The summed E-state index contributed by atoms with van der Waals surface area (Å²) in [7, 11) is 0. The van der Waals surface area contributed by atoms with Gasteiger partial charge in [-0.2, -0.15) is 0 Å². The van der Waals surface area contributed by atoms with Crippen LogP contribution in [0.25, 0.3) is 11.0 Å². The number of urea groups is 1. The van der Waals surface area contributed by atoms with Gasteiger partial charge in [-0.25, -0.2) is 4.79 Å². The molecule has 0 aliphatic carbocycles. The summed E-state index contributed by atoms with van der Waals surface area (Å²) in [4.78, 5) is 22.9. The average molecular weight is 230 g/mol. The Labute approximate surface area is 96.8 Å². The summed E-state index contributed by atoms with van der Waals surface area (Å²) in [6.45, 7) is 1.62. The molecule has 3 rings (SSSR count). The molecule has 0 spiro atoms. The number of amides is 3. The maximum Gasteiger partial charge on any atom is 0.322 e. The third kappa shape index (κ3) is 1.32. The summed E-state index contributed by atoms with van der Waals surface area (Å²) in [6.07, 6.45) is 0. The molecule has 1 fully saturated rings. The predicted molar refractivity (Wildman–Crippen MR) is 60.2 cm³/mol. The summed E-state index contributed by atoms with van der Waals surface area (Å²) >= 11 is 0. The Morgan fingerprint density at radius 2 is 2.00 bits per heavy atom. The fourth-order valence-electron chi connectivity index (χ4n) is 1.94. The summed E-state index contributed by atoms with van der Waals surface area (Å²) in [6, 6.07) is 8.71. The Hall–Kier alpha value is -2.30. The molecule has 86 valence electrons. The number of nitrogens with one attached hydrogen (secondary N) is 2. The van der Waals surface area contributed by atoms with Crippen molar-refractivity contribution in [1.82, 2.24) is 10.6 Å². The van der Waals surface area contributed by atoms with Gasteiger partial charge in [-0.15, -0.1) is 0 Å². The second-order valence-electron chi connectivity index (χ2n) is 4.18. The normalized spacial score (nSPS) is 23.8. The van der Waals surface area contributed by atoms with Crippen molar-refractivity contribution >= 4 is 22.9 Å². The molecule has 0 bridgehead atoms. The number of benzene rings is 1. The zero-order valence-corrected chi connectivity index (χ0v) is 9.11. The highest BCUT2D eigenvalue weighted by atomic mass is 16.3. The number of furan rings is 1. The van der Waals surface area contributed by atoms with E-state index >= 15 is 0 Å². The van der Waals surface area contributed by atoms with Crippen LogP contribution in [-0.4, -0.2) is 11.9 Å². The Bertz CT molecular complexity index is 598. The number of para-hydroxylation sites is 1. The molecule has 1 aliphatic heterocycles. The summed E-state index contributed by atoms with van der Waals surface area (Å²) in [5.41, 5.74) is -0.437. The molecule has 1 unspecified atom stereocenters. The molecule has 1 atom stereocenters. The van der Waals surface area contributed by atoms with Crippen LogP contribution in [0.2, 0.25) is 0 Å². The van der Waals surface area contributed by atoms with Gasteiger partial charge in [0.15, 0.2) is 5.54 Å². The van der Waals surface area contributed by atoms with Crippen LogP contribution in [-0.2, 0) is 10.3 Å². The fraction of sp³-hybridized carbons (Fsp3) is 0.167. The lowest BCUT2D eigenvalue weighted by molar-refractivity contribution is -0.124. The van der Waals surface area contributed by atoms with Crippen LogP contribution in [0.5, 0.6) is 0 Å². The maximum atomic E-state index is 11.7. The van der Waals surface area contributed by atoms with Crippen LogP contribution in [0.3, 0.4) is 0 Å². The van der Waals surface area contributed by atoms with Gasteiger partial charge in [0.1, 0.15) is 11.3 Å². The van der Waals surface area contributed by atoms with Gasteiger partial charge < -0.3 is 9.73 Å². The number of imide groups is 1. The van der Waals surface area contributed by atoms with E-state index in [4.69, 9.17) is 4.42 Å². The first-order chi connectivity index (χ1) is 8.09. The first kappa shape index (κ1) is 9.89. The lowest BCUT2D eigenvalue weighted by Crippen LogP contribution is -2.40. The summed E-state index contributed by atoms with van der Waals surface area (Å²) < 4.78 is 5.60. The highest BCUT2D eigenvalue weighted by molar-refractivity contribution is 6.07. The molecular weight excluding hydrogens is 220 g/mol. The van der Waals surface area contributed by atoms with Gasteiger partial charge in [0, 0.05) is 5.39 Å². The van der Waals surface area contributed by atoms with Gasteiger partial charge in [0.25, 0.3) is 5.91 Å². The largest absolute Gasteiger partial charge is 0.458 e. The molecule has 0 radical (unpaired) electrons. The second kappa shape index (κ2) is 3.10. The van der Waals surface area contributed by atoms with Gasteiger partial charge in [-0.3, -0.25) is 10.1 Å². The van der Waals surface area contributed by atoms with Crippen LogP contribution in [0, 0.1) is 0 Å². The van der Waals surface area contributed by atoms with E-state index < -0.39 is 17.5 Å². The van der Waals surface area contributed by atoms with Crippen molar-refractivity contribution in [3.05, 3.63) is 36.1 Å². The van der Waals surface area contributed by atoms with Crippen molar-refractivity contribution in [1.29, 1.82) is 0 Å². The molecule has 2 N–H and O–H groups in total. The van der Waals surface area contributed by atoms with E-state index in [1.807, 2.05) is 24.3 Å². The van der Waals surface area contributed by atoms with E-state index in [9.17, 15) is 9.59 Å². The van der Waals surface area contributed by atoms with Gasteiger partial charge in [0.05, 0.1) is 0 Å². The quantitative estimate of drug-likeness (QED) is 0.729. The highest BCUT2D eigenvalue weighted by Crippen LogP contribution is 2.29. The monoisotopic (exact) mass is 230 g/mol. The Morgan fingerprint density at radius 3 is 2.65 bits per heavy atom. The first-order valence-corrected chi connectivity index (χ1v) is 5.22. The summed E-state index contributed by atoms with van der Waals surface area (Å²) in [5.74, 6) is 0.0311. The zero-order chi connectivity index (χ0) is 12.0. The predicted octanol–water partition coefficient (Wildman–Crippen LogP) is 1.49. The number of carbonyl (C=O) groups excluding carboxylic acids is 2. The van der Waals surface area contributed by atoms with E-state index in [2.05, 4.69) is 10.6 Å². The molecular formula is C12H10N2O3. The smallest absolute Gasteiger partial charge is 0.322 e. The van der Waals surface area contributed by atoms with E-state index in [1.165, 1.54) is 0 Å². The number of fused-ring (bicyclic) bond motifs is 1. The van der Waals surface area contributed by atoms with Crippen LogP contribution < -0.4 is 10.6 Å². The minimum absolute atomic E-state index is 0.401. The second-order valence-corrected chi connectivity index (χ2v) is 4.18. The van der Waals surface area contributed by atoms with Crippen molar-refractivity contribution in [2.75, 3.05) is 0 Å². The molecule has 3 amide bonds.